The molecule has 0 atom stereocenters. The lowest BCUT2D eigenvalue weighted by molar-refractivity contribution is -0.118. The van der Waals surface area contributed by atoms with E-state index in [1.165, 1.54) is 18.7 Å². The molecule has 14 heteroatoms. The van der Waals surface area contributed by atoms with E-state index in [0.717, 1.165) is 47.7 Å². The highest BCUT2D eigenvalue weighted by atomic mass is 32.2. The lowest BCUT2D eigenvalue weighted by Gasteiger charge is -2.09. The Morgan fingerprint density at radius 2 is 1.51 bits per heavy atom. The molecule has 0 radical (unpaired) electrons. The Hall–Kier alpha value is -4.25. The second-order valence-corrected chi connectivity index (χ2v) is 13.0. The summed E-state index contributed by atoms with van der Waals surface area (Å²) in [5.41, 5.74) is -0.986. The van der Waals surface area contributed by atoms with E-state index in [9.17, 15) is 27.6 Å². The van der Waals surface area contributed by atoms with E-state index in [1.807, 2.05) is 0 Å². The third kappa shape index (κ3) is 5.54. The largest absolute Gasteiger partial charge is 0.333 e. The predicted molar refractivity (Wildman–Crippen MR) is 149 cm³/mol. The van der Waals surface area contributed by atoms with Crippen molar-refractivity contribution < 1.29 is 18.0 Å². The van der Waals surface area contributed by atoms with Crippen LogP contribution in [-0.4, -0.2) is 49.7 Å². The molecule has 0 spiro atoms. The molecule has 2 N–H and O–H groups in total. The minimum atomic E-state index is -3.77. The molecule has 41 heavy (non-hydrogen) atoms. The molecule has 3 heterocycles. The Labute approximate surface area is 234 Å². The van der Waals surface area contributed by atoms with Crippen molar-refractivity contribution in [3.05, 3.63) is 38.5 Å². The van der Waals surface area contributed by atoms with Crippen LogP contribution in [0.4, 0.5) is 11.6 Å². The zero-order valence-electron chi connectivity index (χ0n) is 22.6. The van der Waals surface area contributed by atoms with E-state index >= 15 is 0 Å². The maximum atomic E-state index is 13.0. The van der Waals surface area contributed by atoms with Gasteiger partial charge in [0.05, 0.1) is 12.3 Å². The van der Waals surface area contributed by atoms with Crippen molar-refractivity contribution >= 4 is 44.5 Å². The van der Waals surface area contributed by atoms with Crippen LogP contribution in [-0.2, 0) is 40.1 Å². The van der Waals surface area contributed by atoms with E-state index in [2.05, 4.69) is 32.4 Å². The van der Waals surface area contributed by atoms with E-state index in [0.29, 0.717) is 5.56 Å². The van der Waals surface area contributed by atoms with E-state index in [4.69, 9.17) is 0 Å². The number of sulfone groups is 1. The first-order valence-electron chi connectivity index (χ1n) is 13.5. The van der Waals surface area contributed by atoms with Gasteiger partial charge in [0.2, 0.25) is 26.8 Å². The summed E-state index contributed by atoms with van der Waals surface area (Å²) >= 11 is 0. The smallest absolute Gasteiger partial charge is 0.312 e. The summed E-state index contributed by atoms with van der Waals surface area (Å²) in [6.07, 6.45) is 4.93. The number of fused-ring (bicyclic) bond motifs is 1. The van der Waals surface area contributed by atoms with Gasteiger partial charge in [0.25, 0.3) is 5.56 Å². The molecule has 0 bridgehead atoms. The van der Waals surface area contributed by atoms with Crippen LogP contribution >= 0.6 is 0 Å². The van der Waals surface area contributed by atoms with Gasteiger partial charge in [-0.3, -0.25) is 23.5 Å². The number of hydrogen-bond acceptors (Lipinski definition) is 8. The van der Waals surface area contributed by atoms with Crippen molar-refractivity contribution in [3.8, 4) is 11.8 Å². The SMILES string of the molecule is Cn1c(=O)c2c(nc(S(=O)(=O)CC3CC3)n2C)n(CC#Cc2cc(NC(=O)C3CC3)nc(NC(=O)C3CC3)c2)c1=O. The zero-order valence-corrected chi connectivity index (χ0v) is 23.5. The fraction of sp³-hybridized carbons (Fsp3) is 0.481. The Morgan fingerprint density at radius 1 is 0.927 bits per heavy atom. The summed E-state index contributed by atoms with van der Waals surface area (Å²) in [5, 5.41) is 5.27. The van der Waals surface area contributed by atoms with Gasteiger partial charge in [-0.25, -0.2) is 18.2 Å². The topological polar surface area (TPSA) is 167 Å². The van der Waals surface area contributed by atoms with E-state index in [-0.39, 0.29) is 69.8 Å². The van der Waals surface area contributed by atoms with Crippen LogP contribution in [0.25, 0.3) is 11.2 Å². The number of imidazole rings is 1. The van der Waals surface area contributed by atoms with Crippen LogP contribution in [0, 0.1) is 29.6 Å². The third-order valence-corrected chi connectivity index (χ3v) is 9.27. The standard InChI is InChI=1S/C27H29N7O6S/c1-32-21-22(31-26(32)41(39,40)14-15-5-6-15)34(27(38)33(2)25(21)37)11-3-4-16-12-19(29-23(35)17-7-8-17)28-20(13-16)30-24(36)18-9-10-18/h12-13,15,17-18H,5-11,14H2,1-2H3,(H2,28,29,30,35,36). The van der Waals surface area contributed by atoms with Gasteiger partial charge in [-0.2, -0.15) is 4.98 Å². The van der Waals surface area contributed by atoms with Crippen molar-refractivity contribution in [1.82, 2.24) is 23.7 Å². The number of amides is 2. The molecule has 3 aliphatic carbocycles. The number of anilines is 2. The molecule has 214 valence electrons. The molecule has 3 saturated carbocycles. The fourth-order valence-electron chi connectivity index (χ4n) is 4.60. The molecule has 0 unspecified atom stereocenters. The molecule has 0 aromatic carbocycles. The summed E-state index contributed by atoms with van der Waals surface area (Å²) in [7, 11) is -1.01. The van der Waals surface area contributed by atoms with Crippen molar-refractivity contribution in [1.29, 1.82) is 0 Å². The number of carbonyl (C=O) groups excluding carboxylic acids is 2. The summed E-state index contributed by atoms with van der Waals surface area (Å²) in [5.74, 6) is 5.93. The number of nitrogens with zero attached hydrogens (tertiary/aromatic N) is 5. The monoisotopic (exact) mass is 579 g/mol. The number of hydrogen-bond donors (Lipinski definition) is 2. The van der Waals surface area contributed by atoms with Gasteiger partial charge in [0, 0.05) is 31.5 Å². The minimum Gasteiger partial charge on any atom is -0.312 e. The lowest BCUT2D eigenvalue weighted by atomic mass is 10.2. The summed E-state index contributed by atoms with van der Waals surface area (Å²) in [6, 6.07) is 3.14. The van der Waals surface area contributed by atoms with E-state index in [1.54, 1.807) is 12.1 Å². The maximum Gasteiger partial charge on any atom is 0.333 e. The van der Waals surface area contributed by atoms with Gasteiger partial charge in [-0.15, -0.1) is 0 Å². The molecular weight excluding hydrogens is 550 g/mol. The average Bonchev–Trinajstić information content (AvgIpc) is 3.77. The number of nitrogens with one attached hydrogen (secondary N) is 2. The van der Waals surface area contributed by atoms with E-state index < -0.39 is 21.1 Å². The van der Waals surface area contributed by atoms with Gasteiger partial charge in [0.1, 0.15) is 11.6 Å². The van der Waals surface area contributed by atoms with Crippen LogP contribution in [0.2, 0.25) is 0 Å². The van der Waals surface area contributed by atoms with Crippen molar-refractivity contribution in [2.75, 3.05) is 16.4 Å². The lowest BCUT2D eigenvalue weighted by Crippen LogP contribution is -2.38. The molecule has 3 fully saturated rings. The van der Waals surface area contributed by atoms with Crippen LogP contribution in [0.15, 0.2) is 26.9 Å². The molecule has 0 saturated heterocycles. The molecule has 2 amide bonds. The Bertz CT molecular complexity index is 1850. The van der Waals surface area contributed by atoms with Gasteiger partial charge >= 0.3 is 5.69 Å². The minimum absolute atomic E-state index is 0.0117. The molecule has 3 aromatic rings. The summed E-state index contributed by atoms with van der Waals surface area (Å²) in [6.45, 7) is -0.196. The number of rotatable bonds is 8. The number of aryl methyl sites for hydroxylation is 1. The third-order valence-electron chi connectivity index (χ3n) is 7.44. The van der Waals surface area contributed by atoms with Gasteiger partial charge < -0.3 is 15.2 Å². The molecule has 3 aromatic heterocycles. The van der Waals surface area contributed by atoms with Gasteiger partial charge in [-0.05, 0) is 56.6 Å². The first-order chi connectivity index (χ1) is 19.5. The Balaban J connectivity index is 1.35. The Kier molecular flexibility index (Phi) is 6.56. The van der Waals surface area contributed by atoms with Gasteiger partial charge in [-0.1, -0.05) is 11.8 Å². The maximum absolute atomic E-state index is 13.0. The van der Waals surface area contributed by atoms with Crippen molar-refractivity contribution in [2.24, 2.45) is 31.8 Å². The Morgan fingerprint density at radius 3 is 2.05 bits per heavy atom. The van der Waals surface area contributed by atoms with Crippen molar-refractivity contribution in [3.63, 3.8) is 0 Å². The molecular formula is C27H29N7O6S. The summed E-state index contributed by atoms with van der Waals surface area (Å²) in [4.78, 5) is 59.2. The highest BCUT2D eigenvalue weighted by molar-refractivity contribution is 7.91. The zero-order chi connectivity index (χ0) is 29.1. The quantitative estimate of drug-likeness (QED) is 0.369. The highest BCUT2D eigenvalue weighted by Gasteiger charge is 2.34. The fourth-order valence-corrected chi connectivity index (χ4v) is 6.44. The predicted octanol–water partition coefficient (Wildman–Crippen LogP) is 0.761. The first kappa shape index (κ1) is 26.9. The van der Waals surface area contributed by atoms with Crippen LogP contribution < -0.4 is 21.9 Å². The second-order valence-electron chi connectivity index (χ2n) is 11.0. The number of aromatic nitrogens is 5. The number of pyridine rings is 1. The van der Waals surface area contributed by atoms with Crippen molar-refractivity contribution in [2.45, 2.75) is 50.2 Å². The van der Waals surface area contributed by atoms with Gasteiger partial charge in [0.15, 0.2) is 11.2 Å². The highest BCUT2D eigenvalue weighted by Crippen LogP contribution is 2.33. The molecule has 0 aliphatic heterocycles. The average molecular weight is 580 g/mol. The second kappa shape index (κ2) is 9.99. The molecule has 3 aliphatic rings. The van der Waals surface area contributed by atoms with Crippen LogP contribution in [0.1, 0.15) is 44.1 Å². The summed E-state index contributed by atoms with van der Waals surface area (Å²) < 4.78 is 29.3. The van der Waals surface area contributed by atoms with Crippen LogP contribution in [0.3, 0.4) is 0 Å². The molecule has 6 rings (SSSR count). The van der Waals surface area contributed by atoms with Crippen LogP contribution in [0.5, 0.6) is 0 Å². The molecule has 13 nitrogen and oxygen atoms in total. The normalized spacial score (nSPS) is 16.7. The number of carbonyl (C=O) groups is 2. The first-order valence-corrected chi connectivity index (χ1v) is 15.2.